The minimum Gasteiger partial charge on any atom is -0.396 e. The summed E-state index contributed by atoms with van der Waals surface area (Å²) in [4.78, 5) is 0. The highest BCUT2D eigenvalue weighted by Crippen LogP contribution is 2.13. The topological polar surface area (TPSA) is 64.1 Å². The minimum atomic E-state index is -0.135. The lowest BCUT2D eigenvalue weighted by Crippen LogP contribution is -2.11. The molecule has 1 unspecified atom stereocenters. The molecule has 1 aromatic heterocycles. The zero-order chi connectivity index (χ0) is 12.1. The van der Waals surface area contributed by atoms with Gasteiger partial charge in [0.15, 0.2) is 0 Å². The highest BCUT2D eigenvalue weighted by molar-refractivity contribution is 5.16. The average Bonchev–Trinajstić information content (AvgIpc) is 2.79. The molecule has 90 valence electrons. The number of nitrogens with zero attached hydrogens (tertiary/aromatic N) is 2. The van der Waals surface area contributed by atoms with Gasteiger partial charge >= 0.3 is 0 Å². The van der Waals surface area contributed by atoms with Gasteiger partial charge in [-0.25, -0.2) is 0 Å². The molecule has 0 spiro atoms. The smallest absolute Gasteiger partial charge is 0.0659 e. The molecule has 1 aromatic carbocycles. The standard InChI is InChI=1S/C13H17N3O/c14-13(6-7-17)12-8-15-16(10-12)9-11-4-2-1-3-5-11/h1-5,8,10,13,17H,6-7,9,14H2. The van der Waals surface area contributed by atoms with Crippen LogP contribution in [0.4, 0.5) is 0 Å². The van der Waals surface area contributed by atoms with Gasteiger partial charge in [-0.2, -0.15) is 5.10 Å². The molecule has 0 amide bonds. The van der Waals surface area contributed by atoms with Gasteiger partial charge in [-0.3, -0.25) is 4.68 Å². The van der Waals surface area contributed by atoms with Gasteiger partial charge in [0.05, 0.1) is 12.7 Å². The van der Waals surface area contributed by atoms with Crippen LogP contribution in [0.3, 0.4) is 0 Å². The van der Waals surface area contributed by atoms with Crippen LogP contribution in [0.15, 0.2) is 42.7 Å². The van der Waals surface area contributed by atoms with E-state index in [9.17, 15) is 0 Å². The van der Waals surface area contributed by atoms with E-state index in [1.807, 2.05) is 29.1 Å². The second-order valence-corrected chi connectivity index (χ2v) is 4.08. The van der Waals surface area contributed by atoms with Gasteiger partial charge in [-0.15, -0.1) is 0 Å². The molecule has 4 heteroatoms. The lowest BCUT2D eigenvalue weighted by Gasteiger charge is -2.06. The van der Waals surface area contributed by atoms with E-state index >= 15 is 0 Å². The van der Waals surface area contributed by atoms with Gasteiger partial charge in [0.2, 0.25) is 0 Å². The summed E-state index contributed by atoms with van der Waals surface area (Å²) in [5.74, 6) is 0. The summed E-state index contributed by atoms with van der Waals surface area (Å²) in [6.07, 6.45) is 4.27. The molecule has 1 atom stereocenters. The molecule has 4 nitrogen and oxygen atoms in total. The highest BCUT2D eigenvalue weighted by atomic mass is 16.3. The first-order valence-electron chi connectivity index (χ1n) is 5.72. The Morgan fingerprint density at radius 3 is 2.76 bits per heavy atom. The first kappa shape index (κ1) is 11.8. The number of hydrogen-bond acceptors (Lipinski definition) is 3. The van der Waals surface area contributed by atoms with Crippen LogP contribution in [0.25, 0.3) is 0 Å². The van der Waals surface area contributed by atoms with Gasteiger partial charge in [-0.05, 0) is 12.0 Å². The van der Waals surface area contributed by atoms with Crippen LogP contribution in [-0.4, -0.2) is 21.5 Å². The number of nitrogens with two attached hydrogens (primary N) is 1. The fourth-order valence-corrected chi connectivity index (χ4v) is 1.73. The summed E-state index contributed by atoms with van der Waals surface area (Å²) < 4.78 is 1.86. The van der Waals surface area contributed by atoms with Gasteiger partial charge in [0.25, 0.3) is 0 Å². The predicted molar refractivity (Wildman–Crippen MR) is 66.4 cm³/mol. The molecule has 17 heavy (non-hydrogen) atoms. The molecule has 2 rings (SSSR count). The van der Waals surface area contributed by atoms with Crippen LogP contribution in [0.2, 0.25) is 0 Å². The molecule has 0 saturated carbocycles. The van der Waals surface area contributed by atoms with Gasteiger partial charge in [0, 0.05) is 24.4 Å². The van der Waals surface area contributed by atoms with Crippen LogP contribution >= 0.6 is 0 Å². The maximum absolute atomic E-state index is 8.83. The molecule has 0 aliphatic rings. The summed E-state index contributed by atoms with van der Waals surface area (Å²) in [6.45, 7) is 0.845. The van der Waals surface area contributed by atoms with Gasteiger partial charge < -0.3 is 10.8 Å². The summed E-state index contributed by atoms with van der Waals surface area (Å²) in [7, 11) is 0. The first-order valence-corrected chi connectivity index (χ1v) is 5.72. The highest BCUT2D eigenvalue weighted by Gasteiger charge is 2.07. The van der Waals surface area contributed by atoms with Gasteiger partial charge in [-0.1, -0.05) is 30.3 Å². The fourth-order valence-electron chi connectivity index (χ4n) is 1.73. The Morgan fingerprint density at radius 1 is 1.29 bits per heavy atom. The van der Waals surface area contributed by atoms with E-state index in [1.165, 1.54) is 5.56 Å². The fraction of sp³-hybridized carbons (Fsp3) is 0.308. The molecule has 0 saturated heterocycles. The van der Waals surface area contributed by atoms with E-state index < -0.39 is 0 Å². The molecule has 0 bridgehead atoms. The zero-order valence-electron chi connectivity index (χ0n) is 9.66. The van der Waals surface area contributed by atoms with Crippen molar-refractivity contribution in [1.82, 2.24) is 9.78 Å². The number of benzene rings is 1. The van der Waals surface area contributed by atoms with Crippen molar-refractivity contribution in [3.05, 3.63) is 53.9 Å². The third kappa shape index (κ3) is 3.15. The monoisotopic (exact) mass is 231 g/mol. The Morgan fingerprint density at radius 2 is 2.06 bits per heavy atom. The lowest BCUT2D eigenvalue weighted by atomic mass is 10.1. The molecule has 2 aromatic rings. The minimum absolute atomic E-state index is 0.102. The molecule has 0 radical (unpaired) electrons. The molecule has 3 N–H and O–H groups in total. The molecule has 1 heterocycles. The average molecular weight is 231 g/mol. The van der Waals surface area contributed by atoms with Crippen LogP contribution in [0, 0.1) is 0 Å². The van der Waals surface area contributed by atoms with Crippen molar-refractivity contribution in [2.75, 3.05) is 6.61 Å². The van der Waals surface area contributed by atoms with E-state index in [4.69, 9.17) is 10.8 Å². The van der Waals surface area contributed by atoms with Crippen molar-refractivity contribution in [3.63, 3.8) is 0 Å². The maximum atomic E-state index is 8.83. The Balaban J connectivity index is 2.04. The quantitative estimate of drug-likeness (QED) is 0.815. The van der Waals surface area contributed by atoms with Gasteiger partial charge in [0.1, 0.15) is 0 Å². The Labute approximate surface area is 101 Å². The first-order chi connectivity index (χ1) is 8.29. The summed E-state index contributed by atoms with van der Waals surface area (Å²) in [5.41, 5.74) is 8.07. The molecule has 0 aliphatic heterocycles. The zero-order valence-corrected chi connectivity index (χ0v) is 9.66. The van der Waals surface area contributed by atoms with Crippen LogP contribution in [-0.2, 0) is 6.54 Å². The van der Waals surface area contributed by atoms with Crippen molar-refractivity contribution in [2.45, 2.75) is 19.0 Å². The van der Waals surface area contributed by atoms with E-state index in [0.29, 0.717) is 6.42 Å². The van der Waals surface area contributed by atoms with E-state index in [0.717, 1.165) is 12.1 Å². The SMILES string of the molecule is NC(CCO)c1cnn(Cc2ccccc2)c1. The molecule has 0 aliphatic carbocycles. The van der Waals surface area contributed by atoms with E-state index in [-0.39, 0.29) is 12.6 Å². The Bertz CT molecular complexity index is 453. The molecular weight excluding hydrogens is 214 g/mol. The van der Waals surface area contributed by atoms with E-state index in [1.54, 1.807) is 6.20 Å². The summed E-state index contributed by atoms with van der Waals surface area (Å²) in [6, 6.07) is 10.0. The number of hydrogen-bond donors (Lipinski definition) is 2. The number of aliphatic hydroxyl groups excluding tert-OH is 1. The van der Waals surface area contributed by atoms with Crippen molar-refractivity contribution in [1.29, 1.82) is 0 Å². The number of aliphatic hydroxyl groups is 1. The summed E-state index contributed by atoms with van der Waals surface area (Å²) in [5, 5.41) is 13.1. The van der Waals surface area contributed by atoms with Crippen molar-refractivity contribution >= 4 is 0 Å². The largest absolute Gasteiger partial charge is 0.396 e. The third-order valence-electron chi connectivity index (χ3n) is 2.71. The third-order valence-corrected chi connectivity index (χ3v) is 2.71. The maximum Gasteiger partial charge on any atom is 0.0659 e. The molecular formula is C13H17N3O. The Kier molecular flexibility index (Phi) is 3.90. The van der Waals surface area contributed by atoms with E-state index in [2.05, 4.69) is 17.2 Å². The molecule has 0 fully saturated rings. The van der Waals surface area contributed by atoms with Crippen molar-refractivity contribution in [3.8, 4) is 0 Å². The second kappa shape index (κ2) is 5.61. The normalized spacial score (nSPS) is 12.6. The summed E-state index contributed by atoms with van der Waals surface area (Å²) >= 11 is 0. The van der Waals surface area contributed by atoms with Crippen LogP contribution < -0.4 is 5.73 Å². The van der Waals surface area contributed by atoms with Crippen LogP contribution in [0.1, 0.15) is 23.6 Å². The second-order valence-electron chi connectivity index (χ2n) is 4.08. The van der Waals surface area contributed by atoms with Crippen molar-refractivity contribution < 1.29 is 5.11 Å². The lowest BCUT2D eigenvalue weighted by molar-refractivity contribution is 0.276. The predicted octanol–water partition coefficient (Wildman–Crippen LogP) is 1.31. The Hall–Kier alpha value is -1.65. The van der Waals surface area contributed by atoms with Crippen LogP contribution in [0.5, 0.6) is 0 Å². The van der Waals surface area contributed by atoms with Crippen molar-refractivity contribution in [2.24, 2.45) is 5.73 Å². The number of rotatable bonds is 5. The number of aromatic nitrogens is 2.